The van der Waals surface area contributed by atoms with Crippen molar-refractivity contribution in [1.82, 2.24) is 15.6 Å². The molecule has 0 spiro atoms. The molecule has 6 nitrogen and oxygen atoms in total. The van der Waals surface area contributed by atoms with E-state index >= 15 is 0 Å². The number of thiophene rings is 1. The number of guanidine groups is 1. The highest BCUT2D eigenvalue weighted by atomic mass is 32.1. The van der Waals surface area contributed by atoms with Gasteiger partial charge < -0.3 is 20.3 Å². The Labute approximate surface area is 185 Å². The van der Waals surface area contributed by atoms with E-state index in [0.29, 0.717) is 24.2 Å². The van der Waals surface area contributed by atoms with E-state index in [9.17, 15) is 4.39 Å². The number of aromatic nitrogens is 1. The summed E-state index contributed by atoms with van der Waals surface area (Å²) in [6.07, 6.45) is 3.85. The molecule has 0 unspecified atom stereocenters. The van der Waals surface area contributed by atoms with Gasteiger partial charge in [-0.05, 0) is 66.2 Å². The molecule has 3 heterocycles. The van der Waals surface area contributed by atoms with Crippen molar-refractivity contribution in [3.63, 3.8) is 0 Å². The van der Waals surface area contributed by atoms with Gasteiger partial charge in [-0.25, -0.2) is 9.37 Å². The lowest BCUT2D eigenvalue weighted by Gasteiger charge is -2.33. The van der Waals surface area contributed by atoms with Gasteiger partial charge in [-0.15, -0.1) is 11.3 Å². The molecule has 1 saturated heterocycles. The zero-order chi connectivity index (χ0) is 21.5. The average Bonchev–Trinajstić information content (AvgIpc) is 3.34. The first-order valence-corrected chi connectivity index (χ1v) is 11.2. The number of ether oxygens (including phenoxy) is 1. The van der Waals surface area contributed by atoms with Gasteiger partial charge in [-0.2, -0.15) is 0 Å². The summed E-state index contributed by atoms with van der Waals surface area (Å²) in [7, 11) is 1.78. The lowest BCUT2D eigenvalue weighted by atomic mass is 10.1. The van der Waals surface area contributed by atoms with Crippen LogP contribution in [0.25, 0.3) is 0 Å². The summed E-state index contributed by atoms with van der Waals surface area (Å²) in [4.78, 5) is 11.0. The van der Waals surface area contributed by atoms with Gasteiger partial charge in [0.1, 0.15) is 11.6 Å². The Morgan fingerprint density at radius 2 is 2.03 bits per heavy atom. The summed E-state index contributed by atoms with van der Waals surface area (Å²) in [5.41, 5.74) is 1.02. The number of halogens is 1. The number of benzene rings is 1. The van der Waals surface area contributed by atoms with Crippen LogP contribution in [0.3, 0.4) is 0 Å². The highest BCUT2D eigenvalue weighted by Crippen LogP contribution is 2.25. The predicted molar refractivity (Wildman–Crippen MR) is 124 cm³/mol. The van der Waals surface area contributed by atoms with Crippen LogP contribution in [0.4, 0.5) is 9.39 Å². The number of hydrogen-bond donors (Lipinski definition) is 2. The van der Waals surface area contributed by atoms with Crippen LogP contribution >= 0.6 is 11.3 Å². The van der Waals surface area contributed by atoms with E-state index in [0.717, 1.165) is 37.5 Å². The molecule has 2 N–H and O–H groups in total. The second kappa shape index (κ2) is 10.3. The van der Waals surface area contributed by atoms with E-state index < -0.39 is 0 Å². The number of rotatable bonds is 6. The van der Waals surface area contributed by atoms with E-state index in [1.54, 1.807) is 36.7 Å². The Bertz CT molecular complexity index is 985. The molecule has 1 aromatic carbocycles. The fourth-order valence-corrected chi connectivity index (χ4v) is 4.29. The van der Waals surface area contributed by atoms with Crippen molar-refractivity contribution < 1.29 is 9.13 Å². The first kappa shape index (κ1) is 21.1. The lowest BCUT2D eigenvalue weighted by molar-refractivity contribution is 0.459. The normalized spacial score (nSPS) is 15.0. The van der Waals surface area contributed by atoms with E-state index in [4.69, 9.17) is 4.74 Å². The Morgan fingerprint density at radius 1 is 1.23 bits per heavy atom. The van der Waals surface area contributed by atoms with E-state index in [1.165, 1.54) is 17.1 Å². The average molecular weight is 440 g/mol. The Balaban J connectivity index is 1.26. The molecule has 1 aliphatic heterocycles. The van der Waals surface area contributed by atoms with E-state index in [-0.39, 0.29) is 5.82 Å². The third kappa shape index (κ3) is 5.95. The third-order valence-corrected chi connectivity index (χ3v) is 6.10. The Morgan fingerprint density at radius 3 is 2.74 bits per heavy atom. The van der Waals surface area contributed by atoms with Crippen molar-refractivity contribution in [2.24, 2.45) is 4.99 Å². The van der Waals surface area contributed by atoms with Crippen molar-refractivity contribution in [3.05, 3.63) is 71.5 Å². The van der Waals surface area contributed by atoms with Crippen LogP contribution in [-0.4, -0.2) is 37.1 Å². The molecule has 8 heteroatoms. The van der Waals surface area contributed by atoms with Crippen LogP contribution in [0, 0.1) is 5.82 Å². The molecular formula is C23H26FN5OS. The SMILES string of the molecule is CN=C(NCc1ccnc(Oc2ccc(F)cc2)c1)NC1CCN(c2cccs2)CC1. The zero-order valence-corrected chi connectivity index (χ0v) is 18.2. The maximum absolute atomic E-state index is 13.1. The standard InChI is InChI=1S/C23H26FN5OS/c1-25-23(28-19-9-12-29(13-10-19)22-3-2-14-31-22)27-16-17-8-11-26-21(15-17)30-20-6-4-18(24)5-7-20/h2-8,11,14-15,19H,9-10,12-13,16H2,1H3,(H2,25,27,28). The minimum absolute atomic E-state index is 0.297. The second-order valence-corrected chi connectivity index (χ2v) is 8.27. The van der Waals surface area contributed by atoms with Gasteiger partial charge in [0, 0.05) is 45.0 Å². The number of pyridine rings is 1. The molecule has 0 amide bonds. The number of hydrogen-bond acceptors (Lipinski definition) is 5. The summed E-state index contributed by atoms with van der Waals surface area (Å²) in [5, 5.41) is 10.4. The number of nitrogens with one attached hydrogen (secondary N) is 2. The molecular weight excluding hydrogens is 413 g/mol. The summed E-state index contributed by atoms with van der Waals surface area (Å²) < 4.78 is 18.8. The molecule has 1 fully saturated rings. The molecule has 0 aliphatic carbocycles. The van der Waals surface area contributed by atoms with Crippen molar-refractivity contribution >= 4 is 22.3 Å². The molecule has 0 radical (unpaired) electrons. The van der Waals surface area contributed by atoms with Crippen LogP contribution in [-0.2, 0) is 6.54 Å². The van der Waals surface area contributed by atoms with Crippen molar-refractivity contribution in [1.29, 1.82) is 0 Å². The number of aliphatic imine (C=N–C) groups is 1. The van der Waals surface area contributed by atoms with Crippen LogP contribution in [0.5, 0.6) is 11.6 Å². The largest absolute Gasteiger partial charge is 0.439 e. The highest BCUT2D eigenvalue weighted by Gasteiger charge is 2.20. The highest BCUT2D eigenvalue weighted by molar-refractivity contribution is 7.14. The lowest BCUT2D eigenvalue weighted by Crippen LogP contribution is -2.48. The molecule has 4 rings (SSSR count). The minimum atomic E-state index is -0.297. The molecule has 2 aromatic heterocycles. The van der Waals surface area contributed by atoms with E-state index in [2.05, 4.69) is 43.0 Å². The van der Waals surface area contributed by atoms with E-state index in [1.807, 2.05) is 12.1 Å². The van der Waals surface area contributed by atoms with Crippen molar-refractivity contribution in [2.45, 2.75) is 25.4 Å². The topological polar surface area (TPSA) is 61.8 Å². The predicted octanol–water partition coefficient (Wildman–Crippen LogP) is 4.41. The molecule has 0 atom stereocenters. The number of nitrogens with zero attached hydrogens (tertiary/aromatic N) is 3. The van der Waals surface area contributed by atoms with Crippen LogP contribution in [0.1, 0.15) is 18.4 Å². The number of piperidine rings is 1. The Hall–Kier alpha value is -3.13. The molecule has 31 heavy (non-hydrogen) atoms. The van der Waals surface area contributed by atoms with Gasteiger partial charge in [-0.1, -0.05) is 0 Å². The minimum Gasteiger partial charge on any atom is -0.439 e. The van der Waals surface area contributed by atoms with Gasteiger partial charge >= 0.3 is 0 Å². The van der Waals surface area contributed by atoms with Gasteiger partial charge in [0.05, 0.1) is 5.00 Å². The molecule has 1 aliphatic rings. The summed E-state index contributed by atoms with van der Waals surface area (Å²) in [6, 6.07) is 14.4. The molecule has 162 valence electrons. The van der Waals surface area contributed by atoms with Crippen LogP contribution in [0.15, 0.2) is 65.1 Å². The maximum Gasteiger partial charge on any atom is 0.219 e. The van der Waals surface area contributed by atoms with Gasteiger partial charge in [0.2, 0.25) is 5.88 Å². The van der Waals surface area contributed by atoms with Crippen LogP contribution in [0.2, 0.25) is 0 Å². The Kier molecular flexibility index (Phi) is 6.99. The fraction of sp³-hybridized carbons (Fsp3) is 0.304. The quantitative estimate of drug-likeness (QED) is 0.440. The van der Waals surface area contributed by atoms with Gasteiger partial charge in [-0.3, -0.25) is 4.99 Å². The smallest absolute Gasteiger partial charge is 0.219 e. The fourth-order valence-electron chi connectivity index (χ4n) is 3.51. The van der Waals surface area contributed by atoms with Gasteiger partial charge in [0.25, 0.3) is 0 Å². The number of anilines is 1. The second-order valence-electron chi connectivity index (χ2n) is 7.34. The summed E-state index contributed by atoms with van der Waals surface area (Å²) >= 11 is 1.79. The summed E-state index contributed by atoms with van der Waals surface area (Å²) in [5.74, 6) is 1.50. The van der Waals surface area contributed by atoms with Crippen LogP contribution < -0.4 is 20.3 Å². The first-order chi connectivity index (χ1) is 15.2. The maximum atomic E-state index is 13.1. The summed E-state index contributed by atoms with van der Waals surface area (Å²) in [6.45, 7) is 2.68. The molecule has 3 aromatic rings. The third-order valence-electron chi connectivity index (χ3n) is 5.17. The molecule has 0 bridgehead atoms. The monoisotopic (exact) mass is 439 g/mol. The first-order valence-electron chi connectivity index (χ1n) is 10.3. The van der Waals surface area contributed by atoms with Gasteiger partial charge in [0.15, 0.2) is 5.96 Å². The molecule has 0 saturated carbocycles. The van der Waals surface area contributed by atoms with Crippen molar-refractivity contribution in [3.8, 4) is 11.6 Å². The van der Waals surface area contributed by atoms with Crippen molar-refractivity contribution in [2.75, 3.05) is 25.0 Å². The zero-order valence-electron chi connectivity index (χ0n) is 17.4.